The summed E-state index contributed by atoms with van der Waals surface area (Å²) < 4.78 is 31.5. The molecule has 4 rings (SSSR count). The van der Waals surface area contributed by atoms with Gasteiger partial charge in [-0.1, -0.05) is 42.5 Å². The molecule has 0 bridgehead atoms. The molecule has 168 valence electrons. The number of hydrogen-bond donors (Lipinski definition) is 1. The molecule has 0 spiro atoms. The SMILES string of the molecule is CN(C)S(=O)(=O)c1ccc(-c2csc(N/N=C/c3cccc(Oc4ccccc4)c3)n2)cc1. The van der Waals surface area contributed by atoms with Gasteiger partial charge in [-0.05, 0) is 42.0 Å². The summed E-state index contributed by atoms with van der Waals surface area (Å²) in [7, 11) is -0.438. The molecular weight excluding hydrogens is 456 g/mol. The van der Waals surface area contributed by atoms with Gasteiger partial charge in [-0.25, -0.2) is 17.7 Å². The first kappa shape index (κ1) is 22.7. The van der Waals surface area contributed by atoms with Gasteiger partial charge in [0, 0.05) is 25.0 Å². The Labute approximate surface area is 197 Å². The molecule has 1 heterocycles. The first-order chi connectivity index (χ1) is 15.9. The predicted molar refractivity (Wildman–Crippen MR) is 133 cm³/mol. The van der Waals surface area contributed by atoms with Crippen molar-refractivity contribution in [2.45, 2.75) is 4.90 Å². The Morgan fingerprint density at radius 3 is 2.42 bits per heavy atom. The normalized spacial score (nSPS) is 11.7. The third-order valence-electron chi connectivity index (χ3n) is 4.64. The standard InChI is InChI=1S/C24H22N4O3S2/c1-28(2)33(29,30)22-13-11-19(12-14-22)23-17-32-24(26-23)27-25-16-18-7-6-10-21(15-18)31-20-8-4-3-5-9-20/h3-17H,1-2H3,(H,26,27)/b25-16+. The summed E-state index contributed by atoms with van der Waals surface area (Å²) in [6.07, 6.45) is 1.69. The van der Waals surface area contributed by atoms with Crippen LogP contribution in [0.2, 0.25) is 0 Å². The Bertz CT molecular complexity index is 1350. The summed E-state index contributed by atoms with van der Waals surface area (Å²) in [5.74, 6) is 1.49. The van der Waals surface area contributed by atoms with Crippen molar-refractivity contribution in [1.82, 2.24) is 9.29 Å². The van der Waals surface area contributed by atoms with Crippen LogP contribution in [0.4, 0.5) is 5.13 Å². The Kier molecular flexibility index (Phi) is 6.83. The van der Waals surface area contributed by atoms with Gasteiger partial charge in [0.25, 0.3) is 0 Å². The van der Waals surface area contributed by atoms with Gasteiger partial charge in [0.05, 0.1) is 16.8 Å². The number of nitrogens with zero attached hydrogens (tertiary/aromatic N) is 3. The topological polar surface area (TPSA) is 83.9 Å². The quantitative estimate of drug-likeness (QED) is 0.274. The van der Waals surface area contributed by atoms with E-state index in [4.69, 9.17) is 4.74 Å². The Balaban J connectivity index is 1.40. The fourth-order valence-electron chi connectivity index (χ4n) is 2.91. The second-order valence-electron chi connectivity index (χ2n) is 7.21. The molecule has 0 aliphatic carbocycles. The number of aromatic nitrogens is 1. The van der Waals surface area contributed by atoms with E-state index >= 15 is 0 Å². The lowest BCUT2D eigenvalue weighted by Gasteiger charge is -2.11. The predicted octanol–water partition coefficient (Wildman–Crippen LogP) is 5.30. The first-order valence-corrected chi connectivity index (χ1v) is 12.3. The van der Waals surface area contributed by atoms with Gasteiger partial charge < -0.3 is 4.74 Å². The van der Waals surface area contributed by atoms with Gasteiger partial charge in [-0.2, -0.15) is 5.10 Å². The summed E-state index contributed by atoms with van der Waals surface area (Å²) in [5.41, 5.74) is 5.38. The number of ether oxygens (including phenoxy) is 1. The number of hydrazone groups is 1. The van der Waals surface area contributed by atoms with Crippen molar-refractivity contribution in [1.29, 1.82) is 0 Å². The van der Waals surface area contributed by atoms with Crippen LogP contribution in [0.15, 0.2) is 94.2 Å². The molecule has 0 saturated heterocycles. The van der Waals surface area contributed by atoms with Crippen molar-refractivity contribution in [2.75, 3.05) is 19.5 Å². The van der Waals surface area contributed by atoms with Crippen molar-refractivity contribution in [2.24, 2.45) is 5.10 Å². The minimum atomic E-state index is -3.45. The van der Waals surface area contributed by atoms with E-state index in [1.807, 2.05) is 60.0 Å². The fourth-order valence-corrected chi connectivity index (χ4v) is 4.48. The minimum absolute atomic E-state index is 0.243. The van der Waals surface area contributed by atoms with Crippen molar-refractivity contribution >= 4 is 32.7 Å². The van der Waals surface area contributed by atoms with E-state index < -0.39 is 10.0 Å². The third kappa shape index (κ3) is 5.64. The average molecular weight is 479 g/mol. The monoisotopic (exact) mass is 478 g/mol. The highest BCUT2D eigenvalue weighted by atomic mass is 32.2. The van der Waals surface area contributed by atoms with Gasteiger partial charge in [0.1, 0.15) is 11.5 Å². The van der Waals surface area contributed by atoms with Gasteiger partial charge >= 0.3 is 0 Å². The number of thiazole rings is 1. The number of hydrogen-bond acceptors (Lipinski definition) is 7. The maximum Gasteiger partial charge on any atom is 0.242 e. The molecule has 4 aromatic rings. The van der Waals surface area contributed by atoms with Crippen molar-refractivity contribution in [3.8, 4) is 22.8 Å². The molecule has 0 aliphatic rings. The van der Waals surface area contributed by atoms with Crippen LogP contribution in [0.3, 0.4) is 0 Å². The van der Waals surface area contributed by atoms with E-state index in [-0.39, 0.29) is 4.90 Å². The van der Waals surface area contributed by atoms with E-state index in [9.17, 15) is 8.42 Å². The molecule has 33 heavy (non-hydrogen) atoms. The highest BCUT2D eigenvalue weighted by Crippen LogP contribution is 2.26. The maximum absolute atomic E-state index is 12.2. The summed E-state index contributed by atoms with van der Waals surface area (Å²) in [6.45, 7) is 0. The van der Waals surface area contributed by atoms with E-state index in [0.29, 0.717) is 5.13 Å². The molecule has 0 amide bonds. The number of benzene rings is 3. The van der Waals surface area contributed by atoms with E-state index in [1.165, 1.54) is 29.7 Å². The molecule has 9 heteroatoms. The van der Waals surface area contributed by atoms with E-state index in [0.717, 1.165) is 28.3 Å². The molecular formula is C24H22N4O3S2. The van der Waals surface area contributed by atoms with E-state index in [1.54, 1.807) is 30.5 Å². The van der Waals surface area contributed by atoms with Gasteiger partial charge in [-0.3, -0.25) is 5.43 Å². The summed E-state index contributed by atoms with van der Waals surface area (Å²) >= 11 is 1.41. The smallest absolute Gasteiger partial charge is 0.242 e. The molecule has 7 nitrogen and oxygen atoms in total. The lowest BCUT2D eigenvalue weighted by atomic mass is 10.2. The molecule has 0 saturated carbocycles. The summed E-state index contributed by atoms with van der Waals surface area (Å²) in [4.78, 5) is 4.76. The van der Waals surface area contributed by atoms with Crippen LogP contribution in [0.5, 0.6) is 11.5 Å². The van der Waals surface area contributed by atoms with Crippen molar-refractivity contribution in [3.05, 3.63) is 89.8 Å². The third-order valence-corrected chi connectivity index (χ3v) is 7.22. The van der Waals surface area contributed by atoms with Crippen LogP contribution < -0.4 is 10.2 Å². The highest BCUT2D eigenvalue weighted by Gasteiger charge is 2.17. The molecule has 0 unspecified atom stereocenters. The Hall–Kier alpha value is -3.53. The second kappa shape index (κ2) is 9.95. The number of sulfonamides is 1. The molecule has 0 aliphatic heterocycles. The molecule has 1 aromatic heterocycles. The van der Waals surface area contributed by atoms with Crippen LogP contribution in [0.25, 0.3) is 11.3 Å². The molecule has 0 fully saturated rings. The Morgan fingerprint density at radius 2 is 1.70 bits per heavy atom. The number of rotatable bonds is 8. The zero-order chi connectivity index (χ0) is 23.3. The summed E-state index contributed by atoms with van der Waals surface area (Å²) in [5, 5.41) is 6.78. The number of para-hydroxylation sites is 1. The van der Waals surface area contributed by atoms with Gasteiger partial charge in [-0.15, -0.1) is 11.3 Å². The van der Waals surface area contributed by atoms with Crippen LogP contribution in [0, 0.1) is 0 Å². The largest absolute Gasteiger partial charge is 0.457 e. The number of nitrogens with one attached hydrogen (secondary N) is 1. The van der Waals surface area contributed by atoms with Crippen LogP contribution in [0.1, 0.15) is 5.56 Å². The average Bonchev–Trinajstić information content (AvgIpc) is 3.29. The molecule has 3 aromatic carbocycles. The molecule has 0 atom stereocenters. The molecule has 1 N–H and O–H groups in total. The second-order valence-corrected chi connectivity index (χ2v) is 10.2. The zero-order valence-electron chi connectivity index (χ0n) is 18.0. The first-order valence-electron chi connectivity index (χ1n) is 10.0. The molecule has 0 radical (unpaired) electrons. The lowest BCUT2D eigenvalue weighted by molar-refractivity contribution is 0.482. The Morgan fingerprint density at radius 1 is 0.970 bits per heavy atom. The van der Waals surface area contributed by atoms with Gasteiger partial charge in [0.2, 0.25) is 15.2 Å². The zero-order valence-corrected chi connectivity index (χ0v) is 19.7. The maximum atomic E-state index is 12.2. The van der Waals surface area contributed by atoms with Crippen LogP contribution >= 0.6 is 11.3 Å². The lowest BCUT2D eigenvalue weighted by Crippen LogP contribution is -2.22. The highest BCUT2D eigenvalue weighted by molar-refractivity contribution is 7.89. The summed E-state index contributed by atoms with van der Waals surface area (Å²) in [6, 6.07) is 23.9. The fraction of sp³-hybridized carbons (Fsp3) is 0.0833. The van der Waals surface area contributed by atoms with E-state index in [2.05, 4.69) is 15.5 Å². The van der Waals surface area contributed by atoms with Crippen LogP contribution in [-0.2, 0) is 10.0 Å². The van der Waals surface area contributed by atoms with Crippen molar-refractivity contribution < 1.29 is 13.2 Å². The van der Waals surface area contributed by atoms with Crippen molar-refractivity contribution in [3.63, 3.8) is 0 Å². The number of anilines is 1. The minimum Gasteiger partial charge on any atom is -0.457 e. The van der Waals surface area contributed by atoms with Crippen LogP contribution in [-0.4, -0.2) is 38.0 Å². The van der Waals surface area contributed by atoms with Gasteiger partial charge in [0.15, 0.2) is 0 Å².